The van der Waals surface area contributed by atoms with Crippen molar-refractivity contribution in [3.8, 4) is 5.69 Å². The molecule has 0 amide bonds. The molecular weight excluding hydrogens is 1000 g/mol. The summed E-state index contributed by atoms with van der Waals surface area (Å²) in [6.07, 6.45) is -3.95. The van der Waals surface area contributed by atoms with Crippen LogP contribution in [0.1, 0.15) is 143 Å². The van der Waals surface area contributed by atoms with E-state index < -0.39 is 115 Å². The zero-order chi connectivity index (χ0) is 56.9. The molecule has 6 rings (SSSR count). The fourth-order valence-corrected chi connectivity index (χ4v) is 11.9. The summed E-state index contributed by atoms with van der Waals surface area (Å²) in [6, 6.07) is 5.92. The molecule has 0 bridgehead atoms. The molecule has 1 unspecified atom stereocenters. The van der Waals surface area contributed by atoms with Crippen molar-refractivity contribution in [3.05, 3.63) is 53.6 Å². The maximum atomic E-state index is 14.9. The zero-order valence-corrected chi connectivity index (χ0v) is 48.1. The minimum atomic E-state index is -1.83. The van der Waals surface area contributed by atoms with Crippen LogP contribution in [0.5, 0.6) is 0 Å². The second kappa shape index (κ2) is 26.3. The highest BCUT2D eigenvalue weighted by molar-refractivity contribution is 5.73. The lowest BCUT2D eigenvalue weighted by Crippen LogP contribution is -2.59. The Bertz CT molecular complexity index is 2310. The van der Waals surface area contributed by atoms with E-state index in [-0.39, 0.29) is 37.3 Å². The number of aromatic nitrogens is 6. The zero-order valence-electron chi connectivity index (χ0n) is 48.1. The van der Waals surface area contributed by atoms with Gasteiger partial charge >= 0.3 is 5.97 Å². The second-order valence-electron chi connectivity index (χ2n) is 23.2. The van der Waals surface area contributed by atoms with Crippen molar-refractivity contribution >= 4 is 5.97 Å². The molecule has 1 aromatic carbocycles. The third kappa shape index (κ3) is 14.7. The smallest absolute Gasteiger partial charge is 0.311 e. The molecule has 3 fully saturated rings. The van der Waals surface area contributed by atoms with Gasteiger partial charge in [-0.3, -0.25) is 4.79 Å². The number of hydrogen-bond donors (Lipinski definition) is 5. The molecule has 5 N–H and O–H groups in total. The lowest BCUT2D eigenvalue weighted by molar-refractivity contribution is -0.308. The average Bonchev–Trinajstić information content (AvgIpc) is 4.09. The van der Waals surface area contributed by atoms with Crippen LogP contribution in [-0.4, -0.2) is 204 Å². The molecule has 77 heavy (non-hydrogen) atoms. The molecule has 3 aromatic rings. The van der Waals surface area contributed by atoms with Crippen LogP contribution in [-0.2, 0) is 44.4 Å². The molecule has 0 radical (unpaired) electrons. The number of hydrogen-bond acceptors (Lipinski definition) is 19. The van der Waals surface area contributed by atoms with E-state index in [0.29, 0.717) is 49.4 Å². The van der Waals surface area contributed by atoms with Crippen LogP contribution in [0, 0.1) is 17.8 Å². The Labute approximate surface area is 454 Å². The number of cyclic esters (lactones) is 1. The Morgan fingerprint density at radius 3 is 2.22 bits per heavy atom. The number of rotatable bonds is 17. The number of ether oxygens (including phenoxy) is 7. The Balaban J connectivity index is 1.22. The SMILES string of the molecule is CC[C@H]1OC(=O)[C@H](C)[C@@H](O[C@H]2C[C@@](C)(OC)[C@@H](O)[C@H](C)O2)[C@H](C)[C@@H](O[C@H]2C[C@@H](N(C)CCc3cn([C@H](CF)[C@H](OC)c4ccc(-n5cc(C(C)O)nn5)cc4)nn3)C[C@@H](C)O2)[C@](C)(O)C[C@@H](C)CN(C)[C@H](C)[C@@H](O)[C@]1(C)O. The molecule has 21 nitrogen and oxygen atoms in total. The predicted octanol–water partition coefficient (Wildman–Crippen LogP) is 4.67. The average molecular weight is 1090 g/mol. The van der Waals surface area contributed by atoms with Crippen LogP contribution >= 0.6 is 0 Å². The van der Waals surface area contributed by atoms with Gasteiger partial charge in [0.15, 0.2) is 12.6 Å². The number of aliphatic hydroxyl groups excluding tert-OH is 3. The van der Waals surface area contributed by atoms with Gasteiger partial charge in [-0.25, -0.2) is 13.8 Å². The van der Waals surface area contributed by atoms with E-state index in [1.165, 1.54) is 25.8 Å². The number of carbonyl (C=O) groups is 1. The summed E-state index contributed by atoms with van der Waals surface area (Å²) >= 11 is 0. The normalized spacial score (nSPS) is 37.7. The van der Waals surface area contributed by atoms with Crippen molar-refractivity contribution in [2.75, 3.05) is 48.1 Å². The molecule has 0 spiro atoms. The van der Waals surface area contributed by atoms with Gasteiger partial charge in [0.1, 0.15) is 48.4 Å². The Morgan fingerprint density at radius 2 is 1.61 bits per heavy atom. The van der Waals surface area contributed by atoms with Crippen LogP contribution < -0.4 is 0 Å². The van der Waals surface area contributed by atoms with Gasteiger partial charge < -0.3 is 68.5 Å². The largest absolute Gasteiger partial charge is 0.459 e. The van der Waals surface area contributed by atoms with Gasteiger partial charge in [0.25, 0.3) is 0 Å². The van der Waals surface area contributed by atoms with Crippen LogP contribution in [0.15, 0.2) is 36.7 Å². The number of halogens is 1. The number of esters is 1. The standard InChI is InChI=1S/C55H91FN8O13/c1-16-44-55(11,70)49(66)35(6)62(13)28-31(2)25-53(9,69)51(33(4)47(34(5)52(68)75-44)76-46-26-54(10,72-15)50(67)37(8)74-46)77-45-24-41(23-32(3)73-45)61(12)22-21-39-29-64(59-57-39)43(27-56)48(71-14)38-17-19-40(20-18-38)63-30-42(36(7)65)58-60-63/h17-20,29-37,41,43-51,65-67,69-70H,16,21-28H2,1-15H3/t31-,32-,33+,34-,35-,36?,37+,41+,43-,44-,45+,46+,47+,48-,49-,50+,51-,53-,54-,55-/m1/s1. The molecule has 22 heteroatoms. The monoisotopic (exact) mass is 1090 g/mol. The number of methoxy groups -OCH3 is 2. The van der Waals surface area contributed by atoms with Crippen LogP contribution in [0.25, 0.3) is 5.69 Å². The Kier molecular flexibility index (Phi) is 21.4. The summed E-state index contributed by atoms with van der Waals surface area (Å²) in [4.78, 5) is 18.7. The highest BCUT2D eigenvalue weighted by Gasteiger charge is 2.52. The van der Waals surface area contributed by atoms with Crippen molar-refractivity contribution in [3.63, 3.8) is 0 Å². The topological polar surface area (TPSA) is 251 Å². The molecule has 0 saturated carbocycles. The van der Waals surface area contributed by atoms with Crippen LogP contribution in [0.3, 0.4) is 0 Å². The predicted molar refractivity (Wildman–Crippen MR) is 282 cm³/mol. The van der Waals surface area contributed by atoms with Gasteiger partial charge in [0, 0.05) is 70.8 Å². The number of likely N-dealkylation sites (N-methyl/N-ethyl adjacent to an activating group) is 2. The number of alkyl halides is 1. The first-order chi connectivity index (χ1) is 36.2. The minimum absolute atomic E-state index is 0.0348. The summed E-state index contributed by atoms with van der Waals surface area (Å²) in [5.74, 6) is -2.60. The summed E-state index contributed by atoms with van der Waals surface area (Å²) < 4.78 is 62.6. The first-order valence-electron chi connectivity index (χ1n) is 27.5. The van der Waals surface area contributed by atoms with Gasteiger partial charge in [0.05, 0.1) is 65.2 Å². The fourth-order valence-electron chi connectivity index (χ4n) is 11.9. The summed E-state index contributed by atoms with van der Waals surface area (Å²) in [5, 5.41) is 74.4. The van der Waals surface area contributed by atoms with Crippen molar-refractivity contribution in [1.82, 2.24) is 39.8 Å². The summed E-state index contributed by atoms with van der Waals surface area (Å²) in [7, 11) is 6.92. The number of nitrogens with zero attached hydrogens (tertiary/aromatic N) is 8. The van der Waals surface area contributed by atoms with Crippen LogP contribution in [0.2, 0.25) is 0 Å². The van der Waals surface area contributed by atoms with Gasteiger partial charge in [-0.2, -0.15) is 0 Å². The maximum Gasteiger partial charge on any atom is 0.311 e. The number of benzene rings is 1. The summed E-state index contributed by atoms with van der Waals surface area (Å²) in [5.41, 5.74) is -1.88. The van der Waals surface area contributed by atoms with E-state index in [1.54, 1.807) is 58.6 Å². The minimum Gasteiger partial charge on any atom is -0.459 e. The van der Waals surface area contributed by atoms with E-state index in [0.717, 1.165) is 5.56 Å². The van der Waals surface area contributed by atoms with E-state index in [4.69, 9.17) is 33.2 Å². The highest BCUT2D eigenvalue weighted by Crippen LogP contribution is 2.41. The quantitative estimate of drug-likeness (QED) is 0.115. The Hall–Kier alpha value is -3.62. The third-order valence-corrected chi connectivity index (χ3v) is 16.8. The molecule has 20 atom stereocenters. The second-order valence-corrected chi connectivity index (χ2v) is 23.2. The third-order valence-electron chi connectivity index (χ3n) is 16.8. The molecule has 2 aromatic heterocycles. The maximum absolute atomic E-state index is 14.9. The van der Waals surface area contributed by atoms with Gasteiger partial charge in [-0.15, -0.1) is 10.2 Å². The van der Waals surface area contributed by atoms with Crippen molar-refractivity contribution in [1.29, 1.82) is 0 Å². The van der Waals surface area contributed by atoms with E-state index in [2.05, 4.69) is 25.5 Å². The molecular formula is C55H91FN8O13. The molecule has 3 saturated heterocycles. The lowest BCUT2D eigenvalue weighted by atomic mass is 9.77. The lowest BCUT2D eigenvalue weighted by Gasteiger charge is -2.48. The summed E-state index contributed by atoms with van der Waals surface area (Å²) in [6.45, 7) is 19.7. The fraction of sp³-hybridized carbons (Fsp3) is 0.800. The van der Waals surface area contributed by atoms with E-state index >= 15 is 0 Å². The van der Waals surface area contributed by atoms with E-state index in [1.807, 2.05) is 71.0 Å². The number of carbonyl (C=O) groups excluding carboxylic acids is 1. The molecule has 0 aliphatic carbocycles. The number of aliphatic hydroxyl groups is 5. The van der Waals surface area contributed by atoms with Gasteiger partial charge in [0.2, 0.25) is 0 Å². The van der Waals surface area contributed by atoms with Crippen molar-refractivity contribution in [2.24, 2.45) is 17.8 Å². The van der Waals surface area contributed by atoms with Gasteiger partial charge in [-0.05, 0) is 112 Å². The van der Waals surface area contributed by atoms with Gasteiger partial charge in [-0.1, -0.05) is 43.3 Å². The Morgan fingerprint density at radius 1 is 0.922 bits per heavy atom. The first-order valence-corrected chi connectivity index (χ1v) is 27.5. The van der Waals surface area contributed by atoms with Crippen LogP contribution in [0.4, 0.5) is 4.39 Å². The molecule has 3 aliphatic rings. The van der Waals surface area contributed by atoms with Crippen molar-refractivity contribution in [2.45, 2.75) is 217 Å². The van der Waals surface area contributed by atoms with Crippen molar-refractivity contribution < 1.29 is 67.9 Å². The molecule has 3 aliphatic heterocycles. The molecule has 436 valence electrons. The van der Waals surface area contributed by atoms with E-state index in [9.17, 15) is 34.7 Å². The molecule has 5 heterocycles. The highest BCUT2D eigenvalue weighted by atomic mass is 19.1. The first kappa shape index (κ1) is 62.6.